The van der Waals surface area contributed by atoms with Crippen LogP contribution in [0.3, 0.4) is 0 Å². The Kier molecular flexibility index (Phi) is 4.39. The lowest BCUT2D eigenvalue weighted by Gasteiger charge is -2.16. The molecule has 0 N–H and O–H groups in total. The van der Waals surface area contributed by atoms with E-state index in [0.29, 0.717) is 0 Å². The lowest BCUT2D eigenvalue weighted by molar-refractivity contribution is 1.17. The molecular formula is C38H23N5. The van der Waals surface area contributed by atoms with Crippen molar-refractivity contribution in [2.45, 2.75) is 0 Å². The second-order valence-corrected chi connectivity index (χ2v) is 11.1. The van der Waals surface area contributed by atoms with Gasteiger partial charge in [0.15, 0.2) is 0 Å². The van der Waals surface area contributed by atoms with Crippen molar-refractivity contribution in [2.24, 2.45) is 0 Å². The molecule has 0 fully saturated rings. The SMILES string of the molecule is c1ccc(-n2c3ccccc3c3c4c5ccccc5n(-c5ccccc5)c4c4c(c5ncccc5c5nccn54)c32)cc1. The summed E-state index contributed by atoms with van der Waals surface area (Å²) in [5.41, 5.74) is 9.85. The molecule has 200 valence electrons. The topological polar surface area (TPSA) is 40.0 Å². The number of hydrogen-bond donors (Lipinski definition) is 0. The van der Waals surface area contributed by atoms with E-state index < -0.39 is 0 Å². The molecule has 5 heterocycles. The molecular weight excluding hydrogens is 526 g/mol. The largest absolute Gasteiger partial charge is 0.308 e. The Labute approximate surface area is 245 Å². The van der Waals surface area contributed by atoms with E-state index in [2.05, 4.69) is 135 Å². The van der Waals surface area contributed by atoms with Gasteiger partial charge in [0.2, 0.25) is 0 Å². The van der Waals surface area contributed by atoms with Gasteiger partial charge in [0.25, 0.3) is 0 Å². The van der Waals surface area contributed by atoms with Gasteiger partial charge in [0.05, 0.1) is 38.5 Å². The van der Waals surface area contributed by atoms with E-state index in [-0.39, 0.29) is 0 Å². The van der Waals surface area contributed by atoms with Gasteiger partial charge in [-0.15, -0.1) is 0 Å². The fourth-order valence-corrected chi connectivity index (χ4v) is 7.29. The van der Waals surface area contributed by atoms with Gasteiger partial charge in [-0.3, -0.25) is 9.38 Å². The van der Waals surface area contributed by atoms with Gasteiger partial charge in [-0.05, 0) is 48.5 Å². The molecule has 0 aliphatic rings. The molecule has 0 aliphatic heterocycles. The Hall–Kier alpha value is -5.94. The fraction of sp³-hybridized carbons (Fsp3) is 0. The highest BCUT2D eigenvalue weighted by Crippen LogP contribution is 2.48. The van der Waals surface area contributed by atoms with E-state index in [1.807, 2.05) is 18.5 Å². The van der Waals surface area contributed by atoms with Crippen LogP contribution in [0.25, 0.3) is 82.4 Å². The molecule has 0 saturated heterocycles. The van der Waals surface area contributed by atoms with Crippen LogP contribution in [0.1, 0.15) is 0 Å². The third kappa shape index (κ3) is 2.85. The number of hydrogen-bond acceptors (Lipinski definition) is 2. The highest BCUT2D eigenvalue weighted by atomic mass is 15.1. The second kappa shape index (κ2) is 8.30. The molecule has 10 rings (SSSR count). The Morgan fingerprint density at radius 3 is 1.65 bits per heavy atom. The van der Waals surface area contributed by atoms with Crippen LogP contribution in [0.2, 0.25) is 0 Å². The lowest BCUT2D eigenvalue weighted by Crippen LogP contribution is -2.01. The molecule has 0 saturated carbocycles. The highest BCUT2D eigenvalue weighted by molar-refractivity contribution is 6.40. The Balaban J connectivity index is 1.66. The van der Waals surface area contributed by atoms with Gasteiger partial charge < -0.3 is 9.13 Å². The number of rotatable bonds is 2. The average Bonchev–Trinajstić information content (AvgIpc) is 3.78. The van der Waals surface area contributed by atoms with Crippen molar-refractivity contribution in [3.05, 3.63) is 140 Å². The quantitative estimate of drug-likeness (QED) is 0.202. The van der Waals surface area contributed by atoms with Crippen molar-refractivity contribution in [3.63, 3.8) is 0 Å². The minimum absolute atomic E-state index is 0.906. The number of para-hydroxylation sites is 4. The zero-order valence-corrected chi connectivity index (χ0v) is 23.0. The first-order valence-electron chi connectivity index (χ1n) is 14.5. The third-order valence-electron chi connectivity index (χ3n) is 8.89. The van der Waals surface area contributed by atoms with E-state index >= 15 is 0 Å². The van der Waals surface area contributed by atoms with E-state index in [1.54, 1.807) is 0 Å². The van der Waals surface area contributed by atoms with Gasteiger partial charge in [0.1, 0.15) is 5.65 Å². The number of fused-ring (bicyclic) bond motifs is 15. The molecule has 5 aromatic heterocycles. The fourth-order valence-electron chi connectivity index (χ4n) is 7.29. The molecule has 10 aromatic rings. The second-order valence-electron chi connectivity index (χ2n) is 11.1. The molecule has 0 bridgehead atoms. The normalized spacial score (nSPS) is 12.2. The number of benzene rings is 5. The summed E-state index contributed by atoms with van der Waals surface area (Å²) in [5.74, 6) is 0. The first kappa shape index (κ1) is 22.7. The smallest absolute Gasteiger partial charge is 0.146 e. The van der Waals surface area contributed by atoms with Gasteiger partial charge in [-0.1, -0.05) is 72.8 Å². The molecule has 43 heavy (non-hydrogen) atoms. The van der Waals surface area contributed by atoms with E-state index in [4.69, 9.17) is 9.97 Å². The standard InChI is InChI=1S/C38H23N5/c1-3-12-24(13-4-1)42-29-19-9-7-16-26(29)31-32-27-17-8-10-20-30(27)43(25-14-5-2-6-15-25)37(32)36-33(35(31)42)34-28(18-11-21-39-34)38-40-22-23-41(36)38/h1-23H. The summed E-state index contributed by atoms with van der Waals surface area (Å²) in [7, 11) is 0. The van der Waals surface area contributed by atoms with Crippen LogP contribution in [0.15, 0.2) is 140 Å². The molecule has 5 nitrogen and oxygen atoms in total. The molecule has 0 spiro atoms. The highest BCUT2D eigenvalue weighted by Gasteiger charge is 2.27. The predicted molar refractivity (Wildman–Crippen MR) is 177 cm³/mol. The van der Waals surface area contributed by atoms with Crippen molar-refractivity contribution < 1.29 is 0 Å². The zero-order valence-electron chi connectivity index (χ0n) is 23.0. The van der Waals surface area contributed by atoms with Crippen LogP contribution in [-0.4, -0.2) is 23.5 Å². The van der Waals surface area contributed by atoms with Gasteiger partial charge in [-0.2, -0.15) is 0 Å². The minimum Gasteiger partial charge on any atom is -0.308 e. The minimum atomic E-state index is 0.906. The maximum absolute atomic E-state index is 5.08. The van der Waals surface area contributed by atoms with Crippen LogP contribution < -0.4 is 0 Å². The summed E-state index contributed by atoms with van der Waals surface area (Å²) in [6.45, 7) is 0. The van der Waals surface area contributed by atoms with Crippen LogP contribution in [0.4, 0.5) is 0 Å². The average molecular weight is 550 g/mol. The van der Waals surface area contributed by atoms with Crippen molar-refractivity contribution in [1.29, 1.82) is 0 Å². The van der Waals surface area contributed by atoms with Crippen molar-refractivity contribution in [2.75, 3.05) is 0 Å². The molecule has 0 atom stereocenters. The van der Waals surface area contributed by atoms with E-state index in [1.165, 1.54) is 32.6 Å². The number of pyridine rings is 2. The Morgan fingerprint density at radius 1 is 0.419 bits per heavy atom. The van der Waals surface area contributed by atoms with Crippen LogP contribution in [-0.2, 0) is 0 Å². The molecule has 0 aliphatic carbocycles. The van der Waals surface area contributed by atoms with Crippen LogP contribution >= 0.6 is 0 Å². The van der Waals surface area contributed by atoms with Crippen LogP contribution in [0, 0.1) is 0 Å². The summed E-state index contributed by atoms with van der Waals surface area (Å²) in [6.07, 6.45) is 5.90. The van der Waals surface area contributed by atoms with Gasteiger partial charge in [0, 0.05) is 56.9 Å². The summed E-state index contributed by atoms with van der Waals surface area (Å²) < 4.78 is 7.12. The molecule has 0 unspecified atom stereocenters. The summed E-state index contributed by atoms with van der Waals surface area (Å²) >= 11 is 0. The summed E-state index contributed by atoms with van der Waals surface area (Å²) in [6, 6.07) is 43.1. The first-order valence-corrected chi connectivity index (χ1v) is 14.5. The van der Waals surface area contributed by atoms with Crippen molar-refractivity contribution >= 4 is 71.1 Å². The Morgan fingerprint density at radius 2 is 0.977 bits per heavy atom. The summed E-state index contributed by atoms with van der Waals surface area (Å²) in [4.78, 5) is 9.95. The zero-order chi connectivity index (χ0) is 28.1. The first-order chi connectivity index (χ1) is 21.4. The number of nitrogens with zero attached hydrogens (tertiary/aromatic N) is 5. The van der Waals surface area contributed by atoms with Gasteiger partial charge >= 0.3 is 0 Å². The van der Waals surface area contributed by atoms with Crippen LogP contribution in [0.5, 0.6) is 0 Å². The Bertz CT molecular complexity index is 2710. The third-order valence-corrected chi connectivity index (χ3v) is 8.89. The molecule has 5 aromatic carbocycles. The lowest BCUT2D eigenvalue weighted by atomic mass is 10.00. The maximum atomic E-state index is 5.08. The number of aromatic nitrogens is 5. The molecule has 5 heteroatoms. The molecule has 0 radical (unpaired) electrons. The van der Waals surface area contributed by atoms with E-state index in [0.717, 1.165) is 49.9 Å². The summed E-state index contributed by atoms with van der Waals surface area (Å²) in [5, 5.41) is 7.06. The van der Waals surface area contributed by atoms with Gasteiger partial charge in [-0.25, -0.2) is 4.98 Å². The number of imidazole rings is 1. The van der Waals surface area contributed by atoms with E-state index in [9.17, 15) is 0 Å². The molecule has 0 amide bonds. The monoisotopic (exact) mass is 549 g/mol. The van der Waals surface area contributed by atoms with Crippen molar-refractivity contribution in [1.82, 2.24) is 23.5 Å². The predicted octanol–water partition coefficient (Wildman–Crippen LogP) is 9.23. The van der Waals surface area contributed by atoms with Crippen molar-refractivity contribution in [3.8, 4) is 11.4 Å². The maximum Gasteiger partial charge on any atom is 0.146 e.